The Labute approximate surface area is 116 Å². The molecule has 0 heterocycles. The maximum absolute atomic E-state index is 13.4. The molecule has 2 nitrogen and oxygen atoms in total. The van der Waals surface area contributed by atoms with Gasteiger partial charge in [0.25, 0.3) is 0 Å². The topological polar surface area (TPSA) is 29.1 Å². The summed E-state index contributed by atoms with van der Waals surface area (Å²) in [7, 11) is 0. The van der Waals surface area contributed by atoms with Gasteiger partial charge in [0.2, 0.25) is 5.91 Å². The number of para-hydroxylation sites is 1. The summed E-state index contributed by atoms with van der Waals surface area (Å²) in [5.41, 5.74) is 0.216. The highest BCUT2D eigenvalue weighted by molar-refractivity contribution is 8.00. The Bertz CT molecular complexity index is 559. The van der Waals surface area contributed by atoms with Crippen molar-refractivity contribution in [2.45, 2.75) is 17.1 Å². The zero-order chi connectivity index (χ0) is 13.7. The molecule has 0 bridgehead atoms. The van der Waals surface area contributed by atoms with Gasteiger partial charge in [-0.25, -0.2) is 4.39 Å². The van der Waals surface area contributed by atoms with Crippen LogP contribution in [0.1, 0.15) is 6.92 Å². The first-order valence-electron chi connectivity index (χ1n) is 5.94. The second-order valence-corrected chi connectivity index (χ2v) is 5.46. The number of rotatable bonds is 4. The number of carbonyl (C=O) groups is 1. The normalized spacial score (nSPS) is 11.9. The third kappa shape index (κ3) is 3.83. The third-order valence-electron chi connectivity index (χ3n) is 2.56. The van der Waals surface area contributed by atoms with E-state index in [1.165, 1.54) is 17.8 Å². The fraction of sp³-hybridized carbons (Fsp3) is 0.133. The van der Waals surface area contributed by atoms with Crippen LogP contribution in [0.15, 0.2) is 59.5 Å². The van der Waals surface area contributed by atoms with E-state index >= 15 is 0 Å². The average molecular weight is 275 g/mol. The molecule has 1 amide bonds. The van der Waals surface area contributed by atoms with Crippen LogP contribution in [0, 0.1) is 5.82 Å². The van der Waals surface area contributed by atoms with Crippen LogP contribution >= 0.6 is 11.8 Å². The predicted octanol–water partition coefficient (Wildman–Crippen LogP) is 3.95. The molecule has 0 spiro atoms. The zero-order valence-corrected chi connectivity index (χ0v) is 11.3. The first-order chi connectivity index (χ1) is 9.16. The zero-order valence-electron chi connectivity index (χ0n) is 10.5. The van der Waals surface area contributed by atoms with E-state index < -0.39 is 5.82 Å². The Morgan fingerprint density at radius 1 is 1.11 bits per heavy atom. The lowest BCUT2D eigenvalue weighted by Gasteiger charge is -2.12. The van der Waals surface area contributed by atoms with E-state index in [0.717, 1.165) is 4.90 Å². The van der Waals surface area contributed by atoms with E-state index in [9.17, 15) is 9.18 Å². The Balaban J connectivity index is 1.99. The first kappa shape index (κ1) is 13.6. The molecule has 1 N–H and O–H groups in total. The summed E-state index contributed by atoms with van der Waals surface area (Å²) in [5.74, 6) is -0.633. The minimum absolute atomic E-state index is 0.209. The number of benzene rings is 2. The van der Waals surface area contributed by atoms with Gasteiger partial charge in [-0.05, 0) is 31.2 Å². The lowest BCUT2D eigenvalue weighted by atomic mass is 10.3. The number of amides is 1. The summed E-state index contributed by atoms with van der Waals surface area (Å²) in [6, 6.07) is 15.8. The van der Waals surface area contributed by atoms with Crippen molar-refractivity contribution in [3.8, 4) is 0 Å². The van der Waals surface area contributed by atoms with E-state index in [4.69, 9.17) is 0 Å². The number of anilines is 1. The molecular weight excluding hydrogens is 261 g/mol. The van der Waals surface area contributed by atoms with Crippen LogP contribution in [0.4, 0.5) is 10.1 Å². The van der Waals surface area contributed by atoms with Gasteiger partial charge in [-0.1, -0.05) is 30.3 Å². The number of thioether (sulfide) groups is 1. The highest BCUT2D eigenvalue weighted by Gasteiger charge is 2.15. The van der Waals surface area contributed by atoms with Crippen molar-refractivity contribution in [2.75, 3.05) is 5.32 Å². The van der Waals surface area contributed by atoms with Crippen LogP contribution in [0.5, 0.6) is 0 Å². The number of carbonyl (C=O) groups excluding carboxylic acids is 1. The quantitative estimate of drug-likeness (QED) is 0.856. The van der Waals surface area contributed by atoms with Gasteiger partial charge in [0.1, 0.15) is 5.82 Å². The highest BCUT2D eigenvalue weighted by Crippen LogP contribution is 2.24. The molecule has 98 valence electrons. The van der Waals surface area contributed by atoms with Gasteiger partial charge in [-0.2, -0.15) is 0 Å². The van der Waals surface area contributed by atoms with Gasteiger partial charge in [-0.15, -0.1) is 11.8 Å². The minimum Gasteiger partial charge on any atom is -0.323 e. The van der Waals surface area contributed by atoms with Crippen LogP contribution in [0.3, 0.4) is 0 Å². The van der Waals surface area contributed by atoms with E-state index in [1.54, 1.807) is 25.1 Å². The largest absolute Gasteiger partial charge is 0.323 e. The Kier molecular flexibility index (Phi) is 4.58. The summed E-state index contributed by atoms with van der Waals surface area (Å²) in [6.45, 7) is 1.80. The molecule has 0 aliphatic carbocycles. The van der Waals surface area contributed by atoms with Gasteiger partial charge in [0, 0.05) is 4.90 Å². The van der Waals surface area contributed by atoms with Crippen LogP contribution in [0.2, 0.25) is 0 Å². The molecule has 1 unspecified atom stereocenters. The molecule has 2 aromatic rings. The van der Waals surface area contributed by atoms with E-state index in [1.807, 2.05) is 30.3 Å². The van der Waals surface area contributed by atoms with Crippen molar-refractivity contribution in [3.05, 3.63) is 60.4 Å². The van der Waals surface area contributed by atoms with Crippen molar-refractivity contribution in [1.29, 1.82) is 0 Å². The average Bonchev–Trinajstić information content (AvgIpc) is 2.42. The van der Waals surface area contributed by atoms with E-state index in [2.05, 4.69) is 5.32 Å². The maximum atomic E-state index is 13.4. The van der Waals surface area contributed by atoms with Gasteiger partial charge in [0.05, 0.1) is 10.9 Å². The molecule has 0 saturated heterocycles. The first-order valence-corrected chi connectivity index (χ1v) is 6.82. The molecular formula is C15H14FNOS. The minimum atomic E-state index is -0.423. The summed E-state index contributed by atoms with van der Waals surface area (Å²) in [6.07, 6.45) is 0. The molecule has 0 fully saturated rings. The van der Waals surface area contributed by atoms with Gasteiger partial charge < -0.3 is 5.32 Å². The summed E-state index contributed by atoms with van der Waals surface area (Å²) >= 11 is 1.44. The Hall–Kier alpha value is -1.81. The second-order valence-electron chi connectivity index (χ2n) is 4.04. The number of hydrogen-bond donors (Lipinski definition) is 1. The third-order valence-corrected chi connectivity index (χ3v) is 3.67. The number of halogens is 1. The van der Waals surface area contributed by atoms with Crippen LogP contribution < -0.4 is 5.32 Å². The van der Waals surface area contributed by atoms with Crippen LogP contribution in [-0.2, 0) is 4.79 Å². The molecule has 0 aromatic heterocycles. The van der Waals surface area contributed by atoms with E-state index in [0.29, 0.717) is 0 Å². The Morgan fingerprint density at radius 3 is 2.42 bits per heavy atom. The van der Waals surface area contributed by atoms with Crippen molar-refractivity contribution < 1.29 is 9.18 Å². The van der Waals surface area contributed by atoms with Crippen molar-refractivity contribution in [2.24, 2.45) is 0 Å². The van der Waals surface area contributed by atoms with Crippen molar-refractivity contribution in [3.63, 3.8) is 0 Å². The lowest BCUT2D eigenvalue weighted by Crippen LogP contribution is -2.22. The van der Waals surface area contributed by atoms with Gasteiger partial charge >= 0.3 is 0 Å². The Morgan fingerprint density at radius 2 is 1.74 bits per heavy atom. The van der Waals surface area contributed by atoms with Gasteiger partial charge in [-0.3, -0.25) is 4.79 Å². The maximum Gasteiger partial charge on any atom is 0.237 e. The predicted molar refractivity (Wildman–Crippen MR) is 76.8 cm³/mol. The SMILES string of the molecule is CC(Sc1ccccc1)C(=O)Nc1ccccc1F. The fourth-order valence-corrected chi connectivity index (χ4v) is 2.44. The lowest BCUT2D eigenvalue weighted by molar-refractivity contribution is -0.115. The van der Waals surface area contributed by atoms with Crippen LogP contribution in [0.25, 0.3) is 0 Å². The molecule has 0 saturated carbocycles. The second kappa shape index (κ2) is 6.38. The van der Waals surface area contributed by atoms with Crippen LogP contribution in [-0.4, -0.2) is 11.2 Å². The molecule has 0 radical (unpaired) electrons. The number of hydrogen-bond acceptors (Lipinski definition) is 2. The smallest absolute Gasteiger partial charge is 0.237 e. The molecule has 2 aromatic carbocycles. The van der Waals surface area contributed by atoms with Gasteiger partial charge in [0.15, 0.2) is 0 Å². The molecule has 1 atom stereocenters. The molecule has 4 heteroatoms. The number of nitrogens with one attached hydrogen (secondary N) is 1. The van der Waals surface area contributed by atoms with Crippen molar-refractivity contribution in [1.82, 2.24) is 0 Å². The highest BCUT2D eigenvalue weighted by atomic mass is 32.2. The summed E-state index contributed by atoms with van der Waals surface area (Å²) < 4.78 is 13.4. The fourth-order valence-electron chi connectivity index (χ4n) is 1.55. The molecule has 2 rings (SSSR count). The summed E-state index contributed by atoms with van der Waals surface area (Å²) in [5, 5.41) is 2.31. The standard InChI is InChI=1S/C15H14FNOS/c1-11(19-12-7-3-2-4-8-12)15(18)17-14-10-6-5-9-13(14)16/h2-11H,1H3,(H,17,18). The monoisotopic (exact) mass is 275 g/mol. The van der Waals surface area contributed by atoms with E-state index in [-0.39, 0.29) is 16.8 Å². The molecule has 19 heavy (non-hydrogen) atoms. The molecule has 0 aliphatic heterocycles. The summed E-state index contributed by atoms with van der Waals surface area (Å²) in [4.78, 5) is 13.0. The molecule has 0 aliphatic rings. The van der Waals surface area contributed by atoms with Crippen molar-refractivity contribution >= 4 is 23.4 Å².